The molecule has 0 bridgehead atoms. The summed E-state index contributed by atoms with van der Waals surface area (Å²) >= 11 is 6.99. The van der Waals surface area contributed by atoms with Crippen molar-refractivity contribution < 1.29 is 14.3 Å². The quantitative estimate of drug-likeness (QED) is 0.660. The first-order valence-corrected chi connectivity index (χ1v) is 7.26. The number of carbonyl (C=O) groups excluding carboxylic acids is 2. The summed E-state index contributed by atoms with van der Waals surface area (Å²) in [5, 5.41) is 13.8. The van der Waals surface area contributed by atoms with Crippen molar-refractivity contribution in [3.05, 3.63) is 45.8 Å². The van der Waals surface area contributed by atoms with Crippen molar-refractivity contribution in [1.82, 2.24) is 0 Å². The van der Waals surface area contributed by atoms with Crippen LogP contribution >= 0.6 is 22.9 Å². The fraction of sp³-hybridized carbons (Fsp3) is 0.0714. The molecule has 0 unspecified atom stereocenters. The van der Waals surface area contributed by atoms with E-state index in [-0.39, 0.29) is 11.3 Å². The Bertz CT molecular complexity index is 767. The number of nitrogens with two attached hydrogens (primary N) is 1. The molecule has 22 heavy (non-hydrogen) atoms. The highest BCUT2D eigenvalue weighted by Crippen LogP contribution is 2.22. The molecule has 0 aliphatic heterocycles. The smallest absolute Gasteiger partial charge is 0.340 e. The molecular weight excluding hydrogens is 326 g/mol. The normalized spacial score (nSPS) is 9.82. The van der Waals surface area contributed by atoms with Crippen molar-refractivity contribution in [1.29, 1.82) is 5.26 Å². The topological polar surface area (TPSA) is 105 Å². The van der Waals surface area contributed by atoms with E-state index in [4.69, 9.17) is 27.3 Å². The molecule has 2 rings (SSSR count). The van der Waals surface area contributed by atoms with Crippen molar-refractivity contribution in [3.63, 3.8) is 0 Å². The fourth-order valence-electron chi connectivity index (χ4n) is 1.57. The molecule has 6 nitrogen and oxygen atoms in total. The minimum atomic E-state index is -0.748. The van der Waals surface area contributed by atoms with E-state index in [1.54, 1.807) is 17.5 Å². The summed E-state index contributed by atoms with van der Waals surface area (Å²) in [6, 6.07) is 7.91. The Morgan fingerprint density at radius 2 is 2.18 bits per heavy atom. The third-order valence-electron chi connectivity index (χ3n) is 2.61. The molecular formula is C14H10ClN3O3S. The molecule has 0 saturated heterocycles. The number of nitriles is 1. The number of nitrogen functional groups attached to an aromatic ring is 1. The first-order valence-electron chi connectivity index (χ1n) is 6.01. The molecule has 0 aliphatic rings. The van der Waals surface area contributed by atoms with Crippen LogP contribution in [0.5, 0.6) is 0 Å². The molecule has 1 amide bonds. The number of thiophene rings is 1. The maximum Gasteiger partial charge on any atom is 0.340 e. The van der Waals surface area contributed by atoms with Gasteiger partial charge in [-0.15, -0.1) is 11.3 Å². The van der Waals surface area contributed by atoms with Gasteiger partial charge in [0, 0.05) is 10.7 Å². The van der Waals surface area contributed by atoms with Crippen LogP contribution in [-0.4, -0.2) is 18.5 Å². The van der Waals surface area contributed by atoms with Gasteiger partial charge >= 0.3 is 5.97 Å². The van der Waals surface area contributed by atoms with Crippen molar-refractivity contribution in [2.45, 2.75) is 0 Å². The Morgan fingerprint density at radius 1 is 1.41 bits per heavy atom. The summed E-state index contributed by atoms with van der Waals surface area (Å²) in [4.78, 5) is 23.6. The van der Waals surface area contributed by atoms with Gasteiger partial charge in [-0.3, -0.25) is 4.79 Å². The van der Waals surface area contributed by atoms with Crippen LogP contribution in [0, 0.1) is 11.3 Å². The lowest BCUT2D eigenvalue weighted by Crippen LogP contribution is -2.21. The molecule has 2 aromatic rings. The highest BCUT2D eigenvalue weighted by atomic mass is 35.5. The van der Waals surface area contributed by atoms with E-state index < -0.39 is 18.5 Å². The van der Waals surface area contributed by atoms with Crippen molar-refractivity contribution in [3.8, 4) is 6.07 Å². The van der Waals surface area contributed by atoms with Crippen molar-refractivity contribution >= 4 is 45.5 Å². The van der Waals surface area contributed by atoms with Gasteiger partial charge < -0.3 is 15.8 Å². The lowest BCUT2D eigenvalue weighted by molar-refractivity contribution is -0.119. The van der Waals surface area contributed by atoms with Gasteiger partial charge in [-0.2, -0.15) is 5.26 Å². The summed E-state index contributed by atoms with van der Waals surface area (Å²) < 4.78 is 4.88. The van der Waals surface area contributed by atoms with Crippen molar-refractivity contribution in [2.75, 3.05) is 17.7 Å². The van der Waals surface area contributed by atoms with Gasteiger partial charge in [0.2, 0.25) is 0 Å². The lowest BCUT2D eigenvalue weighted by Gasteiger charge is -2.07. The molecule has 0 aliphatic carbocycles. The minimum absolute atomic E-state index is 0.0918. The number of nitrogens with zero attached hydrogens (tertiary/aromatic N) is 1. The van der Waals surface area contributed by atoms with Gasteiger partial charge in [0.15, 0.2) is 6.61 Å². The number of ether oxygens (including phenoxy) is 1. The Hall–Kier alpha value is -2.56. The third-order valence-corrected chi connectivity index (χ3v) is 3.67. The van der Waals surface area contributed by atoms with Crippen LogP contribution in [0.2, 0.25) is 5.02 Å². The van der Waals surface area contributed by atoms with Gasteiger partial charge in [0.05, 0.1) is 11.1 Å². The molecule has 0 fully saturated rings. The highest BCUT2D eigenvalue weighted by molar-refractivity contribution is 7.14. The second-order valence-electron chi connectivity index (χ2n) is 4.13. The zero-order chi connectivity index (χ0) is 16.1. The number of rotatable bonds is 4. The van der Waals surface area contributed by atoms with Crippen LogP contribution < -0.4 is 11.1 Å². The zero-order valence-corrected chi connectivity index (χ0v) is 12.7. The first-order chi connectivity index (χ1) is 10.5. The SMILES string of the molecule is N#Cc1ccsc1NC(=O)COC(=O)c1cc(Cl)ccc1N. The van der Waals surface area contributed by atoms with Crippen LogP contribution in [0.15, 0.2) is 29.6 Å². The molecule has 0 saturated carbocycles. The lowest BCUT2D eigenvalue weighted by atomic mass is 10.2. The summed E-state index contributed by atoms with van der Waals surface area (Å²) in [7, 11) is 0. The molecule has 8 heteroatoms. The molecule has 3 N–H and O–H groups in total. The van der Waals surface area contributed by atoms with Crippen LogP contribution in [0.1, 0.15) is 15.9 Å². The van der Waals surface area contributed by atoms with Crippen molar-refractivity contribution in [2.24, 2.45) is 0 Å². The van der Waals surface area contributed by atoms with Crippen LogP contribution in [0.4, 0.5) is 10.7 Å². The summed E-state index contributed by atoms with van der Waals surface area (Å²) in [6.45, 7) is -0.493. The zero-order valence-electron chi connectivity index (χ0n) is 11.1. The number of amides is 1. The molecule has 0 spiro atoms. The maximum atomic E-state index is 11.9. The maximum absolute atomic E-state index is 11.9. The van der Waals surface area contributed by atoms with Gasteiger partial charge in [-0.05, 0) is 29.6 Å². The number of carbonyl (C=O) groups is 2. The van der Waals surface area contributed by atoms with Gasteiger partial charge in [0.1, 0.15) is 11.1 Å². The van der Waals surface area contributed by atoms with E-state index in [1.807, 2.05) is 6.07 Å². The average molecular weight is 336 g/mol. The number of esters is 1. The molecule has 1 aromatic carbocycles. The molecule has 0 atom stereocenters. The summed E-state index contributed by atoms with van der Waals surface area (Å²) in [6.07, 6.45) is 0. The fourth-order valence-corrected chi connectivity index (χ4v) is 2.50. The van der Waals surface area contributed by atoms with Crippen LogP contribution in [0.25, 0.3) is 0 Å². The van der Waals surface area contributed by atoms with Crippen LogP contribution in [-0.2, 0) is 9.53 Å². The van der Waals surface area contributed by atoms with E-state index in [2.05, 4.69) is 5.32 Å². The number of nitrogens with one attached hydrogen (secondary N) is 1. The molecule has 1 aromatic heterocycles. The number of halogens is 1. The molecule has 1 heterocycles. The van der Waals surface area contributed by atoms with E-state index in [9.17, 15) is 9.59 Å². The largest absolute Gasteiger partial charge is 0.452 e. The summed E-state index contributed by atoms with van der Waals surface area (Å²) in [5.41, 5.74) is 6.30. The van der Waals surface area contributed by atoms with E-state index >= 15 is 0 Å². The predicted molar refractivity (Wildman–Crippen MR) is 83.8 cm³/mol. The second kappa shape index (κ2) is 6.93. The van der Waals surface area contributed by atoms with Gasteiger partial charge in [-0.1, -0.05) is 11.6 Å². The molecule has 0 radical (unpaired) electrons. The van der Waals surface area contributed by atoms with E-state index in [0.29, 0.717) is 15.6 Å². The molecule has 112 valence electrons. The number of hydrogen-bond donors (Lipinski definition) is 2. The monoisotopic (exact) mass is 335 g/mol. The Balaban J connectivity index is 1.95. The number of hydrogen-bond acceptors (Lipinski definition) is 6. The Morgan fingerprint density at radius 3 is 2.91 bits per heavy atom. The van der Waals surface area contributed by atoms with E-state index in [0.717, 1.165) is 0 Å². The number of benzene rings is 1. The van der Waals surface area contributed by atoms with Gasteiger partial charge in [-0.25, -0.2) is 4.79 Å². The average Bonchev–Trinajstić information content (AvgIpc) is 2.94. The Labute approximate surface area is 135 Å². The standard InChI is InChI=1S/C14H10ClN3O3S/c15-9-1-2-11(17)10(5-9)14(20)21-7-12(19)18-13-8(6-16)3-4-22-13/h1-5H,7,17H2,(H,18,19). The minimum Gasteiger partial charge on any atom is -0.452 e. The number of anilines is 2. The first kappa shape index (κ1) is 15.8. The Kier molecular flexibility index (Phi) is 4.99. The van der Waals surface area contributed by atoms with Crippen LogP contribution in [0.3, 0.4) is 0 Å². The predicted octanol–water partition coefficient (Wildman–Crippen LogP) is 2.65. The second-order valence-corrected chi connectivity index (χ2v) is 5.48. The van der Waals surface area contributed by atoms with Gasteiger partial charge in [0.25, 0.3) is 5.91 Å². The third kappa shape index (κ3) is 3.75. The summed E-state index contributed by atoms with van der Waals surface area (Å²) in [5.74, 6) is -1.30. The van der Waals surface area contributed by atoms with E-state index in [1.165, 1.54) is 23.5 Å². The highest BCUT2D eigenvalue weighted by Gasteiger charge is 2.15.